The zero-order valence-corrected chi connectivity index (χ0v) is 12.8. The van der Waals surface area contributed by atoms with Gasteiger partial charge in [0.1, 0.15) is 5.56 Å². The Hall–Kier alpha value is -2.53. The first-order chi connectivity index (χ1) is 10.7. The maximum Gasteiger partial charge on any atom is 0.282 e. The van der Waals surface area contributed by atoms with Crippen molar-refractivity contribution in [2.24, 2.45) is 0 Å². The molecule has 0 saturated heterocycles. The van der Waals surface area contributed by atoms with Crippen molar-refractivity contribution in [1.29, 1.82) is 0 Å². The fraction of sp³-hybridized carbons (Fsp3) is 0.0588. The van der Waals surface area contributed by atoms with Crippen LogP contribution in [0.15, 0.2) is 64.3 Å². The van der Waals surface area contributed by atoms with Crippen molar-refractivity contribution in [3.05, 3.63) is 70.5 Å². The van der Waals surface area contributed by atoms with Gasteiger partial charge in [-0.15, -0.1) is 11.8 Å². The Morgan fingerprint density at radius 2 is 1.73 bits per heavy atom. The van der Waals surface area contributed by atoms with E-state index < -0.39 is 0 Å². The number of hydrogen-bond donors (Lipinski definition) is 1. The molecule has 4 nitrogen and oxygen atoms in total. The van der Waals surface area contributed by atoms with Gasteiger partial charge in [0.15, 0.2) is 6.29 Å². The van der Waals surface area contributed by atoms with E-state index in [0.717, 1.165) is 10.5 Å². The van der Waals surface area contributed by atoms with Gasteiger partial charge in [-0.05, 0) is 30.5 Å². The van der Waals surface area contributed by atoms with Crippen LogP contribution in [0, 0.1) is 0 Å². The van der Waals surface area contributed by atoms with Crippen molar-refractivity contribution in [1.82, 2.24) is 9.78 Å². The van der Waals surface area contributed by atoms with E-state index in [1.54, 1.807) is 11.8 Å². The average molecular weight is 310 g/mol. The molecule has 0 aliphatic heterocycles. The average Bonchev–Trinajstić information content (AvgIpc) is 2.92. The van der Waals surface area contributed by atoms with Crippen LogP contribution in [0.25, 0.3) is 16.9 Å². The summed E-state index contributed by atoms with van der Waals surface area (Å²) in [5.74, 6) is 0. The normalized spacial score (nSPS) is 10.6. The molecule has 22 heavy (non-hydrogen) atoms. The van der Waals surface area contributed by atoms with Crippen molar-refractivity contribution in [3.8, 4) is 16.9 Å². The molecule has 0 bridgehead atoms. The van der Waals surface area contributed by atoms with Gasteiger partial charge < -0.3 is 0 Å². The Morgan fingerprint density at radius 1 is 1.05 bits per heavy atom. The molecule has 0 aliphatic rings. The first-order valence-corrected chi connectivity index (χ1v) is 7.97. The lowest BCUT2D eigenvalue weighted by molar-refractivity contribution is 0.112. The Labute approximate surface area is 131 Å². The molecule has 0 atom stereocenters. The molecular weight excluding hydrogens is 296 g/mol. The summed E-state index contributed by atoms with van der Waals surface area (Å²) in [6.45, 7) is 0. The number of aromatic nitrogens is 2. The van der Waals surface area contributed by atoms with Crippen LogP contribution in [0.1, 0.15) is 10.4 Å². The number of para-hydroxylation sites is 1. The molecule has 110 valence electrons. The van der Waals surface area contributed by atoms with Gasteiger partial charge in [0, 0.05) is 10.5 Å². The number of nitrogens with one attached hydrogen (secondary N) is 1. The summed E-state index contributed by atoms with van der Waals surface area (Å²) in [5, 5.41) is 3.04. The van der Waals surface area contributed by atoms with Gasteiger partial charge in [-0.3, -0.25) is 14.7 Å². The molecular formula is C17H14N2O2S. The first kappa shape index (κ1) is 14.4. The molecule has 3 aromatic rings. The topological polar surface area (TPSA) is 54.9 Å². The lowest BCUT2D eigenvalue weighted by Crippen LogP contribution is -2.16. The number of hydrogen-bond acceptors (Lipinski definition) is 3. The maximum atomic E-state index is 12.4. The predicted octanol–water partition coefficient (Wildman–Crippen LogP) is 3.37. The van der Waals surface area contributed by atoms with Crippen LogP contribution in [0.2, 0.25) is 0 Å². The molecule has 1 aromatic heterocycles. The van der Waals surface area contributed by atoms with Crippen molar-refractivity contribution < 1.29 is 4.79 Å². The maximum absolute atomic E-state index is 12.4. The lowest BCUT2D eigenvalue weighted by Gasteiger charge is -2.02. The van der Waals surface area contributed by atoms with Crippen LogP contribution in [0.5, 0.6) is 0 Å². The Morgan fingerprint density at radius 3 is 2.32 bits per heavy atom. The fourth-order valence-electron chi connectivity index (χ4n) is 2.30. The highest BCUT2D eigenvalue weighted by molar-refractivity contribution is 7.98. The smallest absolute Gasteiger partial charge is 0.282 e. The van der Waals surface area contributed by atoms with E-state index >= 15 is 0 Å². The minimum Gasteiger partial charge on any atom is -0.298 e. The van der Waals surface area contributed by atoms with E-state index in [2.05, 4.69) is 5.10 Å². The monoisotopic (exact) mass is 310 g/mol. The van der Waals surface area contributed by atoms with Gasteiger partial charge in [0.25, 0.3) is 5.56 Å². The highest BCUT2D eigenvalue weighted by atomic mass is 32.2. The van der Waals surface area contributed by atoms with Crippen LogP contribution in [-0.2, 0) is 0 Å². The van der Waals surface area contributed by atoms with Gasteiger partial charge in [0.05, 0.1) is 11.4 Å². The van der Waals surface area contributed by atoms with Gasteiger partial charge in [-0.1, -0.05) is 30.3 Å². The number of carbonyl (C=O) groups is 1. The number of H-pyrrole nitrogens is 1. The molecule has 0 amide bonds. The third-order valence-electron chi connectivity index (χ3n) is 3.44. The molecule has 2 aromatic carbocycles. The molecule has 5 heteroatoms. The molecule has 3 rings (SSSR count). The van der Waals surface area contributed by atoms with Crippen LogP contribution < -0.4 is 5.56 Å². The van der Waals surface area contributed by atoms with Crippen LogP contribution in [0.3, 0.4) is 0 Å². The number of thioether (sulfide) groups is 1. The van der Waals surface area contributed by atoms with Crippen molar-refractivity contribution in [2.45, 2.75) is 4.90 Å². The summed E-state index contributed by atoms with van der Waals surface area (Å²) in [7, 11) is 0. The molecule has 0 saturated carbocycles. The highest BCUT2D eigenvalue weighted by Gasteiger charge is 2.15. The minimum absolute atomic E-state index is 0.140. The van der Waals surface area contributed by atoms with Crippen LogP contribution in [-0.4, -0.2) is 22.3 Å². The third kappa shape index (κ3) is 2.51. The molecule has 0 unspecified atom stereocenters. The van der Waals surface area contributed by atoms with Crippen LogP contribution in [0.4, 0.5) is 0 Å². The zero-order valence-electron chi connectivity index (χ0n) is 11.9. The number of aldehydes is 1. The number of benzene rings is 2. The predicted molar refractivity (Wildman–Crippen MR) is 89.0 cm³/mol. The summed E-state index contributed by atoms with van der Waals surface area (Å²) in [4.78, 5) is 24.9. The largest absolute Gasteiger partial charge is 0.298 e. The van der Waals surface area contributed by atoms with Crippen LogP contribution >= 0.6 is 11.8 Å². The number of aromatic amines is 1. The highest BCUT2D eigenvalue weighted by Crippen LogP contribution is 2.23. The second-order valence-corrected chi connectivity index (χ2v) is 5.60. The quantitative estimate of drug-likeness (QED) is 0.594. The Balaban J connectivity index is 2.16. The molecule has 0 aliphatic carbocycles. The lowest BCUT2D eigenvalue weighted by atomic mass is 10.1. The Bertz CT molecular complexity index is 849. The van der Waals surface area contributed by atoms with E-state index in [4.69, 9.17) is 0 Å². The summed E-state index contributed by atoms with van der Waals surface area (Å²) in [6.07, 6.45) is 2.61. The third-order valence-corrected chi connectivity index (χ3v) is 4.18. The zero-order chi connectivity index (χ0) is 15.5. The van der Waals surface area contributed by atoms with Crippen molar-refractivity contribution >= 4 is 18.0 Å². The molecule has 1 N–H and O–H groups in total. The standard InChI is InChI=1S/C17H14N2O2S/c1-22-14-9-7-12(8-10-14)16-15(11-20)17(21)19(18-16)13-5-3-2-4-6-13/h2-11,18H,1H3. The second-order valence-electron chi connectivity index (χ2n) is 4.72. The van der Waals surface area contributed by atoms with E-state index in [0.29, 0.717) is 17.7 Å². The summed E-state index contributed by atoms with van der Waals surface area (Å²) >= 11 is 1.64. The second kappa shape index (κ2) is 6.07. The van der Waals surface area contributed by atoms with E-state index in [1.165, 1.54) is 4.68 Å². The van der Waals surface area contributed by atoms with Gasteiger partial charge in [-0.25, -0.2) is 4.68 Å². The van der Waals surface area contributed by atoms with E-state index in [1.807, 2.05) is 60.9 Å². The van der Waals surface area contributed by atoms with E-state index in [9.17, 15) is 9.59 Å². The molecule has 0 radical (unpaired) electrons. The number of rotatable bonds is 4. The molecule has 0 fully saturated rings. The fourth-order valence-corrected chi connectivity index (χ4v) is 2.70. The van der Waals surface area contributed by atoms with Gasteiger partial charge in [-0.2, -0.15) is 0 Å². The summed E-state index contributed by atoms with van der Waals surface area (Å²) in [6, 6.07) is 16.9. The Kier molecular flexibility index (Phi) is 3.98. The van der Waals surface area contributed by atoms with E-state index in [-0.39, 0.29) is 11.1 Å². The van der Waals surface area contributed by atoms with Gasteiger partial charge >= 0.3 is 0 Å². The SMILES string of the molecule is CSc1ccc(-c2[nH]n(-c3ccccc3)c(=O)c2C=O)cc1. The molecule has 0 spiro atoms. The first-order valence-electron chi connectivity index (χ1n) is 6.74. The van der Waals surface area contributed by atoms with Crippen molar-refractivity contribution in [2.75, 3.05) is 6.26 Å². The number of carbonyl (C=O) groups excluding carboxylic acids is 1. The minimum atomic E-state index is -0.342. The van der Waals surface area contributed by atoms with Gasteiger partial charge in [0.2, 0.25) is 0 Å². The number of nitrogens with zero attached hydrogens (tertiary/aromatic N) is 1. The summed E-state index contributed by atoms with van der Waals surface area (Å²) in [5.41, 5.74) is 1.84. The van der Waals surface area contributed by atoms with Crippen molar-refractivity contribution in [3.63, 3.8) is 0 Å². The summed E-state index contributed by atoms with van der Waals surface area (Å²) < 4.78 is 1.39. The molecule has 1 heterocycles.